The Bertz CT molecular complexity index is 516. The van der Waals surface area contributed by atoms with Crippen LogP contribution in [-0.4, -0.2) is 17.8 Å². The van der Waals surface area contributed by atoms with Crippen LogP contribution in [0.3, 0.4) is 0 Å². The van der Waals surface area contributed by atoms with Gasteiger partial charge in [0.2, 0.25) is 0 Å². The normalized spacial score (nSPS) is 52.6. The molecule has 0 aromatic heterocycles. The smallest absolute Gasteiger partial charge is 0.0596 e. The van der Waals surface area contributed by atoms with Gasteiger partial charge in [-0.25, -0.2) is 0 Å². The number of fused-ring (bicyclic) bond motifs is 5. The van der Waals surface area contributed by atoms with Crippen molar-refractivity contribution in [2.45, 2.75) is 84.2 Å². The molecular formula is C23H39NO. The molecule has 3 N–H and O–H groups in total. The number of rotatable bonds is 3. The first-order valence-corrected chi connectivity index (χ1v) is 11.0. The summed E-state index contributed by atoms with van der Waals surface area (Å²) in [4.78, 5) is 0. The zero-order valence-corrected chi connectivity index (χ0v) is 16.4. The van der Waals surface area contributed by atoms with Crippen molar-refractivity contribution in [3.63, 3.8) is 0 Å². The molecule has 0 saturated heterocycles. The van der Waals surface area contributed by atoms with E-state index < -0.39 is 0 Å². The Morgan fingerprint density at radius 1 is 0.960 bits per heavy atom. The summed E-state index contributed by atoms with van der Waals surface area (Å²) in [5.41, 5.74) is 6.43. The summed E-state index contributed by atoms with van der Waals surface area (Å²) in [6, 6.07) is 0. The standard InChI is InChI=1S/C23H39NO/c1-22-12-10-16(5-3-4-14-24)15-17(22)6-7-18-19-8-9-21(25)23(19,2)13-11-20(18)22/h3,5,16-21,25H,4,6-15,24H2,1-2H3/t16-,17?,18?,19?,20?,21-,22-,23-/m0/s1. The van der Waals surface area contributed by atoms with Crippen molar-refractivity contribution in [2.24, 2.45) is 46.2 Å². The van der Waals surface area contributed by atoms with E-state index in [0.717, 1.165) is 49.0 Å². The fraction of sp³-hybridized carbons (Fsp3) is 0.913. The van der Waals surface area contributed by atoms with Crippen molar-refractivity contribution in [3.8, 4) is 0 Å². The Hall–Kier alpha value is -0.340. The molecule has 0 aliphatic heterocycles. The van der Waals surface area contributed by atoms with Crippen LogP contribution in [0.5, 0.6) is 0 Å². The minimum atomic E-state index is -0.0348. The van der Waals surface area contributed by atoms with Gasteiger partial charge < -0.3 is 10.8 Å². The lowest BCUT2D eigenvalue weighted by atomic mass is 9.44. The largest absolute Gasteiger partial charge is 0.393 e. The van der Waals surface area contributed by atoms with Crippen molar-refractivity contribution >= 4 is 0 Å². The molecule has 0 spiro atoms. The zero-order chi connectivity index (χ0) is 17.7. The minimum absolute atomic E-state index is 0.0348. The fourth-order valence-electron chi connectivity index (χ4n) is 7.82. The predicted molar refractivity (Wildman–Crippen MR) is 104 cm³/mol. The molecule has 0 aromatic rings. The maximum Gasteiger partial charge on any atom is 0.0596 e. The molecule has 4 rings (SSSR count). The SMILES string of the molecule is C[C@]12CC[C@H](C=CCCN)CC1CCC1C2CC[C@@]2(C)C1CC[C@@H]2O. The molecule has 25 heavy (non-hydrogen) atoms. The molecule has 0 heterocycles. The first-order chi connectivity index (χ1) is 12.0. The van der Waals surface area contributed by atoms with Gasteiger partial charge in [-0.3, -0.25) is 0 Å². The highest BCUT2D eigenvalue weighted by Crippen LogP contribution is 2.66. The third-order valence-corrected chi connectivity index (χ3v) is 9.40. The maximum absolute atomic E-state index is 10.6. The third kappa shape index (κ3) is 2.83. The molecule has 4 aliphatic carbocycles. The fourth-order valence-corrected chi connectivity index (χ4v) is 7.82. The number of hydrogen-bond acceptors (Lipinski definition) is 2. The van der Waals surface area contributed by atoms with Crippen LogP contribution in [0.1, 0.15) is 78.1 Å². The van der Waals surface area contributed by atoms with Gasteiger partial charge in [-0.05, 0) is 111 Å². The van der Waals surface area contributed by atoms with Crippen molar-refractivity contribution in [3.05, 3.63) is 12.2 Å². The molecule has 0 amide bonds. The first-order valence-electron chi connectivity index (χ1n) is 11.0. The second-order valence-corrected chi connectivity index (χ2v) is 10.3. The van der Waals surface area contributed by atoms with E-state index in [1.54, 1.807) is 0 Å². The van der Waals surface area contributed by atoms with Crippen molar-refractivity contribution in [2.75, 3.05) is 6.54 Å². The highest BCUT2D eigenvalue weighted by molar-refractivity contribution is 5.10. The van der Waals surface area contributed by atoms with Crippen molar-refractivity contribution in [1.82, 2.24) is 0 Å². The summed E-state index contributed by atoms with van der Waals surface area (Å²) < 4.78 is 0. The quantitative estimate of drug-likeness (QED) is 0.714. The van der Waals surface area contributed by atoms with Gasteiger partial charge in [-0.2, -0.15) is 0 Å². The van der Waals surface area contributed by atoms with E-state index in [-0.39, 0.29) is 11.5 Å². The summed E-state index contributed by atoms with van der Waals surface area (Å²) in [6.45, 7) is 5.82. The lowest BCUT2D eigenvalue weighted by molar-refractivity contribution is -0.124. The molecule has 142 valence electrons. The molecule has 8 atom stereocenters. The zero-order valence-electron chi connectivity index (χ0n) is 16.4. The molecule has 4 fully saturated rings. The van der Waals surface area contributed by atoms with E-state index >= 15 is 0 Å². The van der Waals surface area contributed by atoms with Crippen LogP contribution in [0.2, 0.25) is 0 Å². The van der Waals surface area contributed by atoms with E-state index in [0.29, 0.717) is 5.41 Å². The lowest BCUT2D eigenvalue weighted by Crippen LogP contribution is -2.53. The second kappa shape index (κ2) is 6.68. The van der Waals surface area contributed by atoms with Gasteiger partial charge in [0.15, 0.2) is 0 Å². The molecule has 4 aliphatic rings. The highest BCUT2D eigenvalue weighted by Gasteiger charge is 2.59. The summed E-state index contributed by atoms with van der Waals surface area (Å²) in [7, 11) is 0. The van der Waals surface area contributed by atoms with Crippen LogP contribution in [-0.2, 0) is 0 Å². The van der Waals surface area contributed by atoms with Crippen molar-refractivity contribution in [1.29, 1.82) is 0 Å². The van der Waals surface area contributed by atoms with Crippen LogP contribution >= 0.6 is 0 Å². The Balaban J connectivity index is 1.49. The second-order valence-electron chi connectivity index (χ2n) is 10.3. The van der Waals surface area contributed by atoms with Gasteiger partial charge in [-0.1, -0.05) is 26.0 Å². The van der Waals surface area contributed by atoms with Crippen LogP contribution in [0, 0.1) is 40.4 Å². The Kier molecular flexibility index (Phi) is 4.82. The van der Waals surface area contributed by atoms with Gasteiger partial charge in [0.25, 0.3) is 0 Å². The van der Waals surface area contributed by atoms with E-state index in [1.807, 2.05) is 0 Å². The summed E-state index contributed by atoms with van der Waals surface area (Å²) in [6.07, 6.45) is 17.8. The van der Waals surface area contributed by atoms with Gasteiger partial charge in [0.05, 0.1) is 6.10 Å². The Morgan fingerprint density at radius 2 is 1.72 bits per heavy atom. The molecule has 4 saturated carbocycles. The monoisotopic (exact) mass is 345 g/mol. The number of aliphatic hydroxyl groups excluding tert-OH is 1. The lowest BCUT2D eigenvalue weighted by Gasteiger charge is -2.60. The Morgan fingerprint density at radius 3 is 2.52 bits per heavy atom. The highest BCUT2D eigenvalue weighted by atomic mass is 16.3. The summed E-state index contributed by atoms with van der Waals surface area (Å²) in [5, 5.41) is 10.6. The summed E-state index contributed by atoms with van der Waals surface area (Å²) >= 11 is 0. The number of aliphatic hydroxyl groups is 1. The number of nitrogens with two attached hydrogens (primary N) is 1. The minimum Gasteiger partial charge on any atom is -0.393 e. The first kappa shape index (κ1) is 18.0. The van der Waals surface area contributed by atoms with E-state index in [4.69, 9.17) is 5.73 Å². The molecule has 4 unspecified atom stereocenters. The average molecular weight is 346 g/mol. The molecule has 0 aromatic carbocycles. The molecule has 2 heteroatoms. The van der Waals surface area contributed by atoms with Crippen molar-refractivity contribution < 1.29 is 5.11 Å². The predicted octanol–water partition coefficient (Wildman–Crippen LogP) is 4.91. The van der Waals surface area contributed by atoms with E-state index in [1.165, 1.54) is 51.4 Å². The maximum atomic E-state index is 10.6. The number of allylic oxidation sites excluding steroid dienone is 1. The van der Waals surface area contributed by atoms with Gasteiger partial charge in [0, 0.05) is 0 Å². The van der Waals surface area contributed by atoms with Gasteiger partial charge in [0.1, 0.15) is 0 Å². The topological polar surface area (TPSA) is 46.2 Å². The van der Waals surface area contributed by atoms with E-state index in [2.05, 4.69) is 26.0 Å². The molecular weight excluding hydrogens is 306 g/mol. The molecule has 2 nitrogen and oxygen atoms in total. The van der Waals surface area contributed by atoms with Crippen LogP contribution < -0.4 is 5.73 Å². The third-order valence-electron chi connectivity index (χ3n) is 9.40. The van der Waals surface area contributed by atoms with Crippen LogP contribution in [0.4, 0.5) is 0 Å². The average Bonchev–Trinajstić information content (AvgIpc) is 2.90. The van der Waals surface area contributed by atoms with Crippen LogP contribution in [0.15, 0.2) is 12.2 Å². The van der Waals surface area contributed by atoms with Gasteiger partial charge in [-0.15, -0.1) is 0 Å². The van der Waals surface area contributed by atoms with Crippen LogP contribution in [0.25, 0.3) is 0 Å². The summed E-state index contributed by atoms with van der Waals surface area (Å²) in [5.74, 6) is 4.32. The van der Waals surface area contributed by atoms with Gasteiger partial charge >= 0.3 is 0 Å². The Labute approximate surface area is 154 Å². The molecule has 0 radical (unpaired) electrons. The number of hydrogen-bond donors (Lipinski definition) is 2. The molecule has 0 bridgehead atoms. The van der Waals surface area contributed by atoms with E-state index in [9.17, 15) is 5.11 Å².